The highest BCUT2D eigenvalue weighted by Crippen LogP contribution is 2.29. The molecule has 0 saturated heterocycles. The summed E-state index contributed by atoms with van der Waals surface area (Å²) in [6.45, 7) is 0. The van der Waals surface area contributed by atoms with Crippen LogP contribution in [0, 0.1) is 0 Å². The van der Waals surface area contributed by atoms with Gasteiger partial charge in [-0.05, 0) is 10.9 Å². The largest absolute Gasteiger partial charge is 0.259 e. The molecule has 4 heteroatoms. The van der Waals surface area contributed by atoms with Crippen LogP contribution in [0.2, 0.25) is 0 Å². The van der Waals surface area contributed by atoms with E-state index in [1.54, 1.807) is 6.20 Å². The molecule has 0 atom stereocenters. The first-order valence-corrected chi connectivity index (χ1v) is 6.54. The number of benzene rings is 1. The Morgan fingerprint density at radius 1 is 1.13 bits per heavy atom. The zero-order chi connectivity index (χ0) is 10.5. The van der Waals surface area contributed by atoms with Crippen molar-refractivity contribution < 1.29 is 8.42 Å². The average Bonchev–Trinajstić information content (AvgIpc) is 2.52. The Hall–Kier alpha value is -1.42. The summed E-state index contributed by atoms with van der Waals surface area (Å²) < 4.78 is 23.0. The Kier molecular flexibility index (Phi) is 1.65. The molecule has 15 heavy (non-hydrogen) atoms. The summed E-state index contributed by atoms with van der Waals surface area (Å²) in [5.74, 6) is 0.226. The molecule has 0 aliphatic carbocycles. The van der Waals surface area contributed by atoms with Crippen molar-refractivity contribution in [2.45, 2.75) is 11.5 Å². The van der Waals surface area contributed by atoms with E-state index in [0.29, 0.717) is 5.69 Å². The topological polar surface area (TPSA) is 47.0 Å². The molecule has 2 heterocycles. The Morgan fingerprint density at radius 3 is 2.80 bits per heavy atom. The Morgan fingerprint density at radius 2 is 1.93 bits per heavy atom. The summed E-state index contributed by atoms with van der Waals surface area (Å²) in [7, 11) is -2.96. The van der Waals surface area contributed by atoms with Crippen LogP contribution in [0.3, 0.4) is 0 Å². The Bertz CT molecular complexity index is 647. The van der Waals surface area contributed by atoms with Gasteiger partial charge in [-0.1, -0.05) is 24.3 Å². The zero-order valence-electron chi connectivity index (χ0n) is 7.97. The van der Waals surface area contributed by atoms with E-state index in [2.05, 4.69) is 4.98 Å². The van der Waals surface area contributed by atoms with Crippen LogP contribution < -0.4 is 0 Å². The maximum absolute atomic E-state index is 11.5. The molecule has 0 radical (unpaired) electrons. The molecule has 0 N–H and O–H groups in total. The van der Waals surface area contributed by atoms with Gasteiger partial charge in [-0.3, -0.25) is 4.98 Å². The van der Waals surface area contributed by atoms with E-state index in [1.807, 2.05) is 24.3 Å². The van der Waals surface area contributed by atoms with Gasteiger partial charge in [0.2, 0.25) is 0 Å². The van der Waals surface area contributed by atoms with Crippen molar-refractivity contribution in [1.82, 2.24) is 4.98 Å². The van der Waals surface area contributed by atoms with Crippen molar-refractivity contribution in [3.63, 3.8) is 0 Å². The highest BCUT2D eigenvalue weighted by Gasteiger charge is 2.27. The SMILES string of the molecule is O=S1(=O)Cc2ncc3ccccc3c2C1. The molecule has 0 amide bonds. The number of hydrogen-bond donors (Lipinski definition) is 0. The molecule has 1 aromatic carbocycles. The summed E-state index contributed by atoms with van der Waals surface area (Å²) in [4.78, 5) is 4.20. The van der Waals surface area contributed by atoms with E-state index in [-0.39, 0.29) is 11.5 Å². The van der Waals surface area contributed by atoms with Crippen LogP contribution in [0.15, 0.2) is 30.5 Å². The van der Waals surface area contributed by atoms with Gasteiger partial charge in [0.1, 0.15) is 0 Å². The lowest BCUT2D eigenvalue weighted by Crippen LogP contribution is -1.95. The lowest BCUT2D eigenvalue weighted by atomic mass is 10.1. The molecule has 76 valence electrons. The van der Waals surface area contributed by atoms with Crippen LogP contribution in [0.4, 0.5) is 0 Å². The van der Waals surface area contributed by atoms with Crippen molar-refractivity contribution in [1.29, 1.82) is 0 Å². The second-order valence-electron chi connectivity index (χ2n) is 3.80. The van der Waals surface area contributed by atoms with Crippen LogP contribution >= 0.6 is 0 Å². The van der Waals surface area contributed by atoms with Crippen LogP contribution in [0.1, 0.15) is 11.3 Å². The number of nitrogens with zero attached hydrogens (tertiary/aromatic N) is 1. The molecule has 0 saturated carbocycles. The lowest BCUT2D eigenvalue weighted by molar-refractivity contribution is 0.598. The van der Waals surface area contributed by atoms with Gasteiger partial charge in [0.05, 0.1) is 17.2 Å². The van der Waals surface area contributed by atoms with Gasteiger partial charge in [0.15, 0.2) is 9.84 Å². The molecule has 1 aliphatic heterocycles. The van der Waals surface area contributed by atoms with E-state index < -0.39 is 9.84 Å². The first kappa shape index (κ1) is 8.85. The predicted molar refractivity (Wildman–Crippen MR) is 58.1 cm³/mol. The van der Waals surface area contributed by atoms with Crippen LogP contribution in [-0.2, 0) is 21.3 Å². The van der Waals surface area contributed by atoms with Gasteiger partial charge >= 0.3 is 0 Å². The fourth-order valence-corrected chi connectivity index (χ4v) is 3.56. The summed E-state index contributed by atoms with van der Waals surface area (Å²) in [5.41, 5.74) is 1.60. The molecule has 2 aromatic rings. The Labute approximate surface area is 87.7 Å². The summed E-state index contributed by atoms with van der Waals surface area (Å²) >= 11 is 0. The van der Waals surface area contributed by atoms with E-state index in [9.17, 15) is 8.42 Å². The third kappa shape index (κ3) is 1.33. The van der Waals surface area contributed by atoms with Gasteiger partial charge < -0.3 is 0 Å². The first-order chi connectivity index (χ1) is 7.16. The maximum Gasteiger partial charge on any atom is 0.160 e. The third-order valence-corrected chi connectivity index (χ3v) is 4.16. The van der Waals surface area contributed by atoms with Gasteiger partial charge in [-0.25, -0.2) is 8.42 Å². The van der Waals surface area contributed by atoms with Crippen molar-refractivity contribution in [3.8, 4) is 0 Å². The lowest BCUT2D eigenvalue weighted by Gasteiger charge is -2.01. The predicted octanol–water partition coefficient (Wildman–Crippen LogP) is 1.66. The van der Waals surface area contributed by atoms with E-state index in [0.717, 1.165) is 16.3 Å². The number of aromatic nitrogens is 1. The van der Waals surface area contributed by atoms with Crippen molar-refractivity contribution in [2.24, 2.45) is 0 Å². The van der Waals surface area contributed by atoms with Gasteiger partial charge in [0.25, 0.3) is 0 Å². The van der Waals surface area contributed by atoms with Crippen molar-refractivity contribution >= 4 is 20.6 Å². The second-order valence-corrected chi connectivity index (χ2v) is 5.87. The number of fused-ring (bicyclic) bond motifs is 3. The third-order valence-electron chi connectivity index (χ3n) is 2.71. The van der Waals surface area contributed by atoms with Gasteiger partial charge in [-0.15, -0.1) is 0 Å². The average molecular weight is 219 g/mol. The van der Waals surface area contributed by atoms with E-state index in [4.69, 9.17) is 0 Å². The maximum atomic E-state index is 11.5. The summed E-state index contributed by atoms with van der Waals surface area (Å²) in [6.07, 6.45) is 1.75. The van der Waals surface area contributed by atoms with Gasteiger partial charge in [-0.2, -0.15) is 0 Å². The molecule has 0 spiro atoms. The number of sulfone groups is 1. The van der Waals surface area contributed by atoms with E-state index >= 15 is 0 Å². The van der Waals surface area contributed by atoms with Gasteiger partial charge in [0, 0.05) is 11.6 Å². The molecule has 3 nitrogen and oxygen atoms in total. The minimum Gasteiger partial charge on any atom is -0.259 e. The van der Waals surface area contributed by atoms with Crippen molar-refractivity contribution in [3.05, 3.63) is 41.7 Å². The number of rotatable bonds is 0. The Balaban J connectivity index is 2.39. The molecular formula is C11H9NO2S. The second kappa shape index (κ2) is 2.79. The molecule has 0 fully saturated rings. The van der Waals surface area contributed by atoms with Crippen LogP contribution in [0.5, 0.6) is 0 Å². The fourth-order valence-electron chi connectivity index (χ4n) is 2.03. The normalized spacial score (nSPS) is 17.9. The van der Waals surface area contributed by atoms with Crippen LogP contribution in [0.25, 0.3) is 10.8 Å². The minimum atomic E-state index is -2.96. The fraction of sp³-hybridized carbons (Fsp3) is 0.182. The molecule has 0 bridgehead atoms. The minimum absolute atomic E-state index is 0.0904. The highest BCUT2D eigenvalue weighted by molar-refractivity contribution is 7.90. The van der Waals surface area contributed by atoms with Crippen LogP contribution in [-0.4, -0.2) is 13.4 Å². The number of pyridine rings is 1. The monoisotopic (exact) mass is 219 g/mol. The summed E-state index contributed by atoms with van der Waals surface area (Å²) in [6, 6.07) is 7.76. The molecule has 1 aliphatic rings. The summed E-state index contributed by atoms with van der Waals surface area (Å²) in [5, 5.41) is 2.02. The molecule has 0 unspecified atom stereocenters. The smallest absolute Gasteiger partial charge is 0.160 e. The number of hydrogen-bond acceptors (Lipinski definition) is 3. The van der Waals surface area contributed by atoms with E-state index in [1.165, 1.54) is 0 Å². The molecular weight excluding hydrogens is 210 g/mol. The molecule has 3 rings (SSSR count). The first-order valence-electron chi connectivity index (χ1n) is 4.72. The van der Waals surface area contributed by atoms with Crippen molar-refractivity contribution in [2.75, 3.05) is 0 Å². The molecule has 1 aromatic heterocycles. The zero-order valence-corrected chi connectivity index (χ0v) is 8.79. The quantitative estimate of drug-likeness (QED) is 0.677. The standard InChI is InChI=1S/C11H9NO2S/c13-15(14)6-10-9-4-2-1-3-8(9)5-12-11(10)7-15/h1-5H,6-7H2. The highest BCUT2D eigenvalue weighted by atomic mass is 32.2.